The number of rotatable bonds is 5. The van der Waals surface area contributed by atoms with E-state index in [-0.39, 0.29) is 12.1 Å². The van der Waals surface area contributed by atoms with Crippen molar-refractivity contribution in [2.45, 2.75) is 25.2 Å². The monoisotopic (exact) mass is 347 g/mol. The molecule has 0 unspecified atom stereocenters. The van der Waals surface area contributed by atoms with Crippen LogP contribution in [0.15, 0.2) is 31.1 Å². The predicted molar refractivity (Wildman–Crippen MR) is 90.6 cm³/mol. The van der Waals surface area contributed by atoms with E-state index in [4.69, 9.17) is 0 Å². The lowest BCUT2D eigenvalue weighted by Gasteiger charge is -2.28. The first-order chi connectivity index (χ1) is 12.0. The molecule has 2 aromatic heterocycles. The molecule has 0 aliphatic carbocycles. The van der Waals surface area contributed by atoms with Crippen LogP contribution in [0.5, 0.6) is 0 Å². The Hall–Kier alpha value is -2.55. The maximum atomic E-state index is 13.9. The van der Waals surface area contributed by atoms with Gasteiger partial charge in [-0.05, 0) is 6.42 Å². The van der Waals surface area contributed by atoms with Gasteiger partial charge in [-0.15, -0.1) is 0 Å². The van der Waals surface area contributed by atoms with Gasteiger partial charge in [-0.25, -0.2) is 19.2 Å². The predicted octanol–water partition coefficient (Wildman–Crippen LogP) is 1.29. The Kier molecular flexibility index (Phi) is 5.22. The zero-order valence-electron chi connectivity index (χ0n) is 14.3. The lowest BCUT2D eigenvalue weighted by Crippen LogP contribution is -2.42. The molecule has 1 aliphatic rings. The fraction of sp³-hybridized carbons (Fsp3) is 0.500. The smallest absolute Gasteiger partial charge is 0.321 e. The summed E-state index contributed by atoms with van der Waals surface area (Å²) >= 11 is 0. The summed E-state index contributed by atoms with van der Waals surface area (Å²) in [6, 6.07) is -0.279. The number of hydrogen-bond acceptors (Lipinski definition) is 5. The number of aryl methyl sites for hydroxylation is 1. The van der Waals surface area contributed by atoms with Gasteiger partial charge in [0.1, 0.15) is 12.5 Å². The number of carbonyl (C=O) groups is 1. The second-order valence-corrected chi connectivity index (χ2v) is 6.38. The Morgan fingerprint density at radius 2 is 2.16 bits per heavy atom. The molecule has 3 rings (SSSR count). The van der Waals surface area contributed by atoms with Crippen molar-refractivity contribution < 1.29 is 9.18 Å². The molecule has 1 N–H and O–H groups in total. The molecular weight excluding hydrogens is 325 g/mol. The van der Waals surface area contributed by atoms with Crippen LogP contribution in [0.1, 0.15) is 12.0 Å². The molecule has 1 aliphatic heterocycles. The number of urea groups is 1. The number of nitrogens with one attached hydrogen (secondary N) is 1. The summed E-state index contributed by atoms with van der Waals surface area (Å²) in [6.45, 7) is 1.38. The van der Waals surface area contributed by atoms with Crippen LogP contribution in [0.25, 0.3) is 0 Å². The zero-order chi connectivity index (χ0) is 17.8. The average Bonchev–Trinajstić information content (AvgIpc) is 3.14. The molecule has 2 amide bonds. The van der Waals surface area contributed by atoms with Gasteiger partial charge in [-0.3, -0.25) is 9.58 Å². The third-order valence-corrected chi connectivity index (χ3v) is 4.26. The van der Waals surface area contributed by atoms with Crippen molar-refractivity contribution in [3.8, 4) is 0 Å². The number of alkyl halides is 1. The number of halogens is 1. The SMILES string of the molecule is CN(C[C@@H]1C[C@H](F)CN1Cc1cncnc1)C(=O)Nc1cnn(C)c1. The molecule has 9 heteroatoms. The summed E-state index contributed by atoms with van der Waals surface area (Å²) in [7, 11) is 3.49. The van der Waals surface area contributed by atoms with E-state index >= 15 is 0 Å². The molecule has 0 saturated carbocycles. The molecule has 1 fully saturated rings. The molecule has 134 valence electrons. The minimum absolute atomic E-state index is 0.0418. The normalized spacial score (nSPS) is 20.6. The van der Waals surface area contributed by atoms with Crippen LogP contribution < -0.4 is 5.32 Å². The van der Waals surface area contributed by atoms with Crippen LogP contribution in [-0.4, -0.2) is 67.9 Å². The van der Waals surface area contributed by atoms with Crippen LogP contribution in [0.2, 0.25) is 0 Å². The van der Waals surface area contributed by atoms with E-state index < -0.39 is 6.17 Å². The number of likely N-dealkylation sites (N-methyl/N-ethyl adjacent to an activating group) is 1. The molecule has 0 bridgehead atoms. The number of anilines is 1. The molecule has 2 atom stereocenters. The molecule has 2 aromatic rings. The van der Waals surface area contributed by atoms with Crippen molar-refractivity contribution in [2.75, 3.05) is 25.5 Å². The maximum absolute atomic E-state index is 13.9. The molecule has 0 aromatic carbocycles. The summed E-state index contributed by atoms with van der Waals surface area (Å²) in [5.41, 5.74) is 1.57. The minimum Gasteiger partial charge on any atom is -0.326 e. The first-order valence-corrected chi connectivity index (χ1v) is 8.14. The third kappa shape index (κ3) is 4.50. The van der Waals surface area contributed by atoms with Gasteiger partial charge < -0.3 is 10.2 Å². The topological polar surface area (TPSA) is 79.2 Å². The van der Waals surface area contributed by atoms with E-state index in [9.17, 15) is 9.18 Å². The van der Waals surface area contributed by atoms with E-state index in [2.05, 4.69) is 20.4 Å². The van der Waals surface area contributed by atoms with Gasteiger partial charge in [-0.1, -0.05) is 0 Å². The van der Waals surface area contributed by atoms with Crippen molar-refractivity contribution in [3.63, 3.8) is 0 Å². The van der Waals surface area contributed by atoms with E-state index in [0.717, 1.165) is 5.56 Å². The van der Waals surface area contributed by atoms with Crippen LogP contribution in [-0.2, 0) is 13.6 Å². The number of amides is 2. The van der Waals surface area contributed by atoms with Crippen molar-refractivity contribution in [3.05, 3.63) is 36.7 Å². The van der Waals surface area contributed by atoms with Crippen LogP contribution in [0.3, 0.4) is 0 Å². The van der Waals surface area contributed by atoms with Crippen LogP contribution in [0, 0.1) is 0 Å². The van der Waals surface area contributed by atoms with E-state index in [1.165, 1.54) is 6.33 Å². The van der Waals surface area contributed by atoms with Gasteiger partial charge >= 0.3 is 6.03 Å². The van der Waals surface area contributed by atoms with Gasteiger partial charge in [0.25, 0.3) is 0 Å². The Bertz CT molecular complexity index is 708. The maximum Gasteiger partial charge on any atom is 0.321 e. The summed E-state index contributed by atoms with van der Waals surface area (Å²) in [4.78, 5) is 23.9. The van der Waals surface area contributed by atoms with Crippen LogP contribution >= 0.6 is 0 Å². The van der Waals surface area contributed by atoms with Gasteiger partial charge in [-0.2, -0.15) is 5.10 Å². The van der Waals surface area contributed by atoms with Crippen molar-refractivity contribution >= 4 is 11.7 Å². The van der Waals surface area contributed by atoms with E-state index in [0.29, 0.717) is 31.7 Å². The highest BCUT2D eigenvalue weighted by molar-refractivity contribution is 5.88. The minimum atomic E-state index is -0.885. The standard InChI is InChI=1S/C16H22FN7O/c1-22(16(25)21-14-6-20-23(2)9-14)10-15-3-13(17)8-24(15)7-12-4-18-11-19-5-12/h4-6,9,11,13,15H,3,7-8,10H2,1-2H3,(H,21,25)/t13-,15-/m0/s1. The first-order valence-electron chi connectivity index (χ1n) is 8.14. The van der Waals surface area contributed by atoms with Crippen molar-refractivity contribution in [2.24, 2.45) is 7.05 Å². The zero-order valence-corrected chi connectivity index (χ0v) is 14.3. The highest BCUT2D eigenvalue weighted by Gasteiger charge is 2.33. The average molecular weight is 347 g/mol. The highest BCUT2D eigenvalue weighted by Crippen LogP contribution is 2.23. The molecule has 0 spiro atoms. The van der Waals surface area contributed by atoms with Crippen LogP contribution in [0.4, 0.5) is 14.9 Å². The van der Waals surface area contributed by atoms with Gasteiger partial charge in [0.15, 0.2) is 0 Å². The quantitative estimate of drug-likeness (QED) is 0.882. The van der Waals surface area contributed by atoms with Gasteiger partial charge in [0.2, 0.25) is 0 Å². The fourth-order valence-corrected chi connectivity index (χ4v) is 3.06. The van der Waals surface area contributed by atoms with Gasteiger partial charge in [0.05, 0.1) is 11.9 Å². The molecule has 8 nitrogen and oxygen atoms in total. The number of carbonyl (C=O) groups excluding carboxylic acids is 1. The van der Waals surface area contributed by atoms with Gasteiger partial charge in [0, 0.05) is 63.9 Å². The third-order valence-electron chi connectivity index (χ3n) is 4.26. The van der Waals surface area contributed by atoms with E-state index in [1.54, 1.807) is 48.5 Å². The first kappa shape index (κ1) is 17.3. The highest BCUT2D eigenvalue weighted by atomic mass is 19.1. The molecule has 1 saturated heterocycles. The number of hydrogen-bond donors (Lipinski definition) is 1. The van der Waals surface area contributed by atoms with E-state index in [1.807, 2.05) is 4.90 Å². The number of aromatic nitrogens is 4. The summed E-state index contributed by atoms with van der Waals surface area (Å²) in [5.74, 6) is 0. The van der Waals surface area contributed by atoms with Crippen molar-refractivity contribution in [1.82, 2.24) is 29.5 Å². The molecule has 0 radical (unpaired) electrons. The molecule has 3 heterocycles. The number of nitrogens with zero attached hydrogens (tertiary/aromatic N) is 6. The lowest BCUT2D eigenvalue weighted by atomic mass is 10.2. The van der Waals surface area contributed by atoms with Crippen molar-refractivity contribution in [1.29, 1.82) is 0 Å². The Labute approximate surface area is 145 Å². The lowest BCUT2D eigenvalue weighted by molar-refractivity contribution is 0.182. The Morgan fingerprint density at radius 1 is 1.40 bits per heavy atom. The fourth-order valence-electron chi connectivity index (χ4n) is 3.06. The molecular formula is C16H22FN7O. The summed E-state index contributed by atoms with van der Waals surface area (Å²) in [5, 5.41) is 6.80. The Balaban J connectivity index is 1.58. The summed E-state index contributed by atoms with van der Waals surface area (Å²) < 4.78 is 15.5. The second kappa shape index (κ2) is 7.56. The Morgan fingerprint density at radius 3 is 2.84 bits per heavy atom. The summed E-state index contributed by atoms with van der Waals surface area (Å²) in [6.07, 6.45) is 7.77. The molecule has 25 heavy (non-hydrogen) atoms. The largest absolute Gasteiger partial charge is 0.326 e. The second-order valence-electron chi connectivity index (χ2n) is 6.38. The number of likely N-dealkylation sites (tertiary alicyclic amines) is 1.